The molecule has 0 saturated carbocycles. The predicted octanol–water partition coefficient (Wildman–Crippen LogP) is 0.557. The fourth-order valence-electron chi connectivity index (χ4n) is 1.68. The van der Waals surface area contributed by atoms with E-state index in [2.05, 4.69) is 20.6 Å². The Hall–Kier alpha value is -1.65. The first-order chi connectivity index (χ1) is 7.34. The maximum Gasteiger partial charge on any atom is 0.222 e. The highest BCUT2D eigenvalue weighted by Crippen LogP contribution is 2.11. The molecule has 0 spiro atoms. The lowest BCUT2D eigenvalue weighted by molar-refractivity contribution is -0.120. The summed E-state index contributed by atoms with van der Waals surface area (Å²) in [6, 6.07) is 0.171. The number of nitrogens with zero attached hydrogens (tertiary/aromatic N) is 2. The Morgan fingerprint density at radius 3 is 3.20 bits per heavy atom. The Morgan fingerprint density at radius 1 is 1.47 bits per heavy atom. The minimum Gasteiger partial charge on any atom is -0.366 e. The first kappa shape index (κ1) is 9.89. The van der Waals surface area contributed by atoms with Crippen molar-refractivity contribution in [2.45, 2.75) is 25.3 Å². The molecule has 1 aromatic rings. The normalized spacial score (nSPS) is 21.6. The predicted molar refractivity (Wildman–Crippen MR) is 56.3 cm³/mol. The highest BCUT2D eigenvalue weighted by molar-refractivity contribution is 5.77. The van der Waals surface area contributed by atoms with Gasteiger partial charge in [-0.25, -0.2) is 4.98 Å². The van der Waals surface area contributed by atoms with E-state index in [0.717, 1.165) is 25.2 Å². The van der Waals surface area contributed by atoms with Crippen LogP contribution in [0.15, 0.2) is 18.6 Å². The van der Waals surface area contributed by atoms with Gasteiger partial charge in [0.15, 0.2) is 0 Å². The number of aromatic nitrogens is 2. The molecule has 1 atom stereocenters. The van der Waals surface area contributed by atoms with Crippen LogP contribution >= 0.6 is 0 Å². The third-order valence-corrected chi connectivity index (χ3v) is 2.40. The fourth-order valence-corrected chi connectivity index (χ4v) is 1.68. The van der Waals surface area contributed by atoms with E-state index in [9.17, 15) is 4.79 Å². The van der Waals surface area contributed by atoms with Gasteiger partial charge in [0, 0.05) is 31.4 Å². The molecule has 5 nitrogen and oxygen atoms in total. The van der Waals surface area contributed by atoms with Crippen LogP contribution in [0.3, 0.4) is 0 Å². The van der Waals surface area contributed by atoms with Gasteiger partial charge in [0.1, 0.15) is 5.82 Å². The Balaban J connectivity index is 1.96. The van der Waals surface area contributed by atoms with Gasteiger partial charge in [0.2, 0.25) is 5.91 Å². The minimum absolute atomic E-state index is 0.105. The molecule has 80 valence electrons. The SMILES string of the molecule is O=C1CC(Nc2cnccn2)CCCN1. The van der Waals surface area contributed by atoms with Crippen LogP contribution in [0, 0.1) is 0 Å². The maximum atomic E-state index is 11.3. The topological polar surface area (TPSA) is 66.9 Å². The number of carbonyl (C=O) groups excluding carboxylic acids is 1. The second-order valence-electron chi connectivity index (χ2n) is 3.63. The van der Waals surface area contributed by atoms with Crippen molar-refractivity contribution in [3.8, 4) is 0 Å². The summed E-state index contributed by atoms with van der Waals surface area (Å²) in [6.07, 6.45) is 7.43. The summed E-state index contributed by atoms with van der Waals surface area (Å²) in [5, 5.41) is 6.06. The van der Waals surface area contributed by atoms with Crippen LogP contribution in [-0.2, 0) is 4.79 Å². The van der Waals surface area contributed by atoms with E-state index in [0.29, 0.717) is 6.42 Å². The van der Waals surface area contributed by atoms with Crippen LogP contribution in [0.4, 0.5) is 5.82 Å². The van der Waals surface area contributed by atoms with Crippen molar-refractivity contribution in [3.05, 3.63) is 18.6 Å². The van der Waals surface area contributed by atoms with Crippen LogP contribution in [-0.4, -0.2) is 28.5 Å². The van der Waals surface area contributed by atoms with Crippen LogP contribution in [0.25, 0.3) is 0 Å². The van der Waals surface area contributed by atoms with Crippen LogP contribution in [0.1, 0.15) is 19.3 Å². The van der Waals surface area contributed by atoms with Crippen molar-refractivity contribution >= 4 is 11.7 Å². The number of nitrogens with one attached hydrogen (secondary N) is 2. The maximum absolute atomic E-state index is 11.3. The lowest BCUT2D eigenvalue weighted by Crippen LogP contribution is -2.27. The molecule has 15 heavy (non-hydrogen) atoms. The summed E-state index contributed by atoms with van der Waals surface area (Å²) < 4.78 is 0. The molecule has 0 aromatic carbocycles. The summed E-state index contributed by atoms with van der Waals surface area (Å²) in [6.45, 7) is 0.775. The van der Waals surface area contributed by atoms with Crippen molar-refractivity contribution < 1.29 is 4.79 Å². The fraction of sp³-hybridized carbons (Fsp3) is 0.500. The van der Waals surface area contributed by atoms with Gasteiger partial charge in [-0.2, -0.15) is 0 Å². The highest BCUT2D eigenvalue weighted by Gasteiger charge is 2.17. The molecule has 1 aliphatic heterocycles. The van der Waals surface area contributed by atoms with E-state index in [1.807, 2.05) is 0 Å². The van der Waals surface area contributed by atoms with E-state index in [-0.39, 0.29) is 11.9 Å². The lowest BCUT2D eigenvalue weighted by Gasteiger charge is -2.14. The van der Waals surface area contributed by atoms with Crippen molar-refractivity contribution in [3.63, 3.8) is 0 Å². The minimum atomic E-state index is 0.105. The van der Waals surface area contributed by atoms with Gasteiger partial charge in [0.25, 0.3) is 0 Å². The molecule has 0 radical (unpaired) electrons. The smallest absolute Gasteiger partial charge is 0.222 e. The Morgan fingerprint density at radius 2 is 2.40 bits per heavy atom. The van der Waals surface area contributed by atoms with Gasteiger partial charge in [-0.3, -0.25) is 9.78 Å². The number of amides is 1. The molecule has 1 amide bonds. The molecule has 1 aliphatic rings. The van der Waals surface area contributed by atoms with Gasteiger partial charge < -0.3 is 10.6 Å². The van der Waals surface area contributed by atoms with Gasteiger partial charge in [-0.1, -0.05) is 0 Å². The molecule has 1 unspecified atom stereocenters. The average molecular weight is 206 g/mol. The number of rotatable bonds is 2. The monoisotopic (exact) mass is 206 g/mol. The van der Waals surface area contributed by atoms with E-state index in [4.69, 9.17) is 0 Å². The van der Waals surface area contributed by atoms with Crippen LogP contribution in [0.5, 0.6) is 0 Å². The largest absolute Gasteiger partial charge is 0.366 e. The number of anilines is 1. The quantitative estimate of drug-likeness (QED) is 0.742. The first-order valence-electron chi connectivity index (χ1n) is 5.14. The molecule has 0 bridgehead atoms. The van der Waals surface area contributed by atoms with E-state index >= 15 is 0 Å². The molecular formula is C10H14N4O. The van der Waals surface area contributed by atoms with Gasteiger partial charge >= 0.3 is 0 Å². The van der Waals surface area contributed by atoms with Gasteiger partial charge in [0.05, 0.1) is 6.20 Å². The summed E-state index contributed by atoms with van der Waals surface area (Å²) in [4.78, 5) is 19.4. The standard InChI is InChI=1S/C10H14N4O/c15-10-6-8(2-1-3-13-10)14-9-7-11-4-5-12-9/h4-5,7-8H,1-3,6H2,(H,12,14)(H,13,15). The third kappa shape index (κ3) is 2.90. The molecule has 1 saturated heterocycles. The average Bonchev–Trinajstić information content (AvgIpc) is 2.44. The second kappa shape index (κ2) is 4.72. The van der Waals surface area contributed by atoms with E-state index in [1.165, 1.54) is 0 Å². The Bertz CT molecular complexity index is 327. The zero-order valence-electron chi connectivity index (χ0n) is 8.44. The summed E-state index contributed by atoms with van der Waals surface area (Å²) >= 11 is 0. The first-order valence-corrected chi connectivity index (χ1v) is 5.14. The van der Waals surface area contributed by atoms with Crippen molar-refractivity contribution in [2.24, 2.45) is 0 Å². The van der Waals surface area contributed by atoms with E-state index in [1.54, 1.807) is 18.6 Å². The number of hydrogen-bond donors (Lipinski definition) is 2. The Kier molecular flexibility index (Phi) is 3.11. The zero-order chi connectivity index (χ0) is 10.5. The van der Waals surface area contributed by atoms with Crippen molar-refractivity contribution in [1.29, 1.82) is 0 Å². The molecule has 2 N–H and O–H groups in total. The summed E-state index contributed by atoms with van der Waals surface area (Å²) in [5.41, 5.74) is 0. The van der Waals surface area contributed by atoms with Crippen molar-refractivity contribution in [1.82, 2.24) is 15.3 Å². The van der Waals surface area contributed by atoms with Crippen LogP contribution < -0.4 is 10.6 Å². The summed E-state index contributed by atoms with van der Waals surface area (Å²) in [5.74, 6) is 0.839. The molecule has 0 aliphatic carbocycles. The van der Waals surface area contributed by atoms with Gasteiger partial charge in [-0.05, 0) is 12.8 Å². The number of carbonyl (C=O) groups is 1. The van der Waals surface area contributed by atoms with Crippen molar-refractivity contribution in [2.75, 3.05) is 11.9 Å². The Labute approximate surface area is 88.3 Å². The van der Waals surface area contributed by atoms with Gasteiger partial charge in [-0.15, -0.1) is 0 Å². The molecular weight excluding hydrogens is 192 g/mol. The summed E-state index contributed by atoms with van der Waals surface area (Å²) in [7, 11) is 0. The van der Waals surface area contributed by atoms with Crippen LogP contribution in [0.2, 0.25) is 0 Å². The molecule has 5 heteroatoms. The second-order valence-corrected chi connectivity index (χ2v) is 3.63. The zero-order valence-corrected chi connectivity index (χ0v) is 8.44. The number of hydrogen-bond acceptors (Lipinski definition) is 4. The molecule has 2 heterocycles. The highest BCUT2D eigenvalue weighted by atomic mass is 16.1. The molecule has 1 fully saturated rings. The van der Waals surface area contributed by atoms with E-state index < -0.39 is 0 Å². The molecule has 2 rings (SSSR count). The third-order valence-electron chi connectivity index (χ3n) is 2.40. The molecule has 1 aromatic heterocycles. The lowest BCUT2D eigenvalue weighted by atomic mass is 10.1.